The summed E-state index contributed by atoms with van der Waals surface area (Å²) in [7, 11) is 0. The lowest BCUT2D eigenvalue weighted by Crippen LogP contribution is -2.26. The summed E-state index contributed by atoms with van der Waals surface area (Å²) in [4.78, 5) is 10.2. The Kier molecular flexibility index (Phi) is 6.09. The second-order valence-electron chi connectivity index (χ2n) is 4.57. The molecule has 0 unspecified atom stereocenters. The maximum Gasteiger partial charge on any atom is 0.315 e. The molecule has 1 aromatic rings. The molecule has 0 atom stereocenters. The van der Waals surface area contributed by atoms with E-state index in [0.717, 1.165) is 17.7 Å². The summed E-state index contributed by atoms with van der Waals surface area (Å²) in [5.74, 6) is -0.696. The quantitative estimate of drug-likeness (QED) is 0.466. The molecule has 0 aliphatic rings. The first-order valence-electron chi connectivity index (χ1n) is 5.97. The molecule has 0 spiro atoms. The molecule has 0 saturated carbocycles. The second-order valence-corrected chi connectivity index (χ2v) is 5.42. The van der Waals surface area contributed by atoms with Crippen LogP contribution in [0.3, 0.4) is 0 Å². The van der Waals surface area contributed by atoms with Gasteiger partial charge < -0.3 is 10.1 Å². The van der Waals surface area contributed by atoms with E-state index in [1.807, 2.05) is 13.8 Å². The molecule has 0 heterocycles. The lowest BCUT2D eigenvalue weighted by molar-refractivity contribution is -0.386. The molecule has 0 aromatic heterocycles. The highest BCUT2D eigenvalue weighted by atomic mass is 79.9. The molecular weight excluding hydrogens is 331 g/mol. The van der Waals surface area contributed by atoms with Crippen molar-refractivity contribution in [3.05, 3.63) is 44.7 Å². The summed E-state index contributed by atoms with van der Waals surface area (Å²) < 4.78 is 18.7. The molecule has 0 saturated heterocycles. The topological polar surface area (TPSA) is 64.4 Å². The highest BCUT2D eigenvalue weighted by molar-refractivity contribution is 9.10. The third-order valence-corrected chi connectivity index (χ3v) is 2.96. The van der Waals surface area contributed by atoms with Crippen LogP contribution in [-0.4, -0.2) is 24.1 Å². The van der Waals surface area contributed by atoms with Crippen molar-refractivity contribution in [3.63, 3.8) is 0 Å². The number of halogens is 2. The third-order valence-electron chi connectivity index (χ3n) is 2.37. The van der Waals surface area contributed by atoms with Crippen LogP contribution in [0.15, 0.2) is 28.8 Å². The van der Waals surface area contributed by atoms with E-state index in [1.54, 1.807) is 0 Å². The van der Waals surface area contributed by atoms with Gasteiger partial charge in [0.25, 0.3) is 0 Å². The van der Waals surface area contributed by atoms with Gasteiger partial charge in [-0.3, -0.25) is 10.1 Å². The molecule has 0 aliphatic heterocycles. The van der Waals surface area contributed by atoms with Crippen LogP contribution in [0.1, 0.15) is 13.8 Å². The smallest absolute Gasteiger partial charge is 0.315 e. The van der Waals surface area contributed by atoms with Crippen LogP contribution in [0.5, 0.6) is 5.75 Å². The van der Waals surface area contributed by atoms with Crippen LogP contribution in [0.4, 0.5) is 10.1 Å². The summed E-state index contributed by atoms with van der Waals surface area (Å²) >= 11 is 3.06. The van der Waals surface area contributed by atoms with Gasteiger partial charge in [-0.1, -0.05) is 20.4 Å². The molecular formula is C13H16BrFN2O3. The van der Waals surface area contributed by atoms with Gasteiger partial charge in [0.15, 0.2) is 0 Å². The van der Waals surface area contributed by atoms with E-state index >= 15 is 0 Å². The van der Waals surface area contributed by atoms with Crippen molar-refractivity contribution in [1.82, 2.24) is 5.32 Å². The number of nitro benzene ring substituents is 1. The number of ether oxygens (including phenoxy) is 1. The summed E-state index contributed by atoms with van der Waals surface area (Å²) in [5, 5.41) is 14.0. The number of nitrogens with zero attached hydrogens (tertiary/aromatic N) is 1. The Hall–Kier alpha value is -1.47. The average Bonchev–Trinajstić information content (AvgIpc) is 2.34. The monoisotopic (exact) mass is 346 g/mol. The summed E-state index contributed by atoms with van der Waals surface area (Å²) in [6.07, 6.45) is 0. The third kappa shape index (κ3) is 4.90. The zero-order chi connectivity index (χ0) is 15.3. The molecule has 0 aliphatic carbocycles. The molecule has 0 fully saturated rings. The minimum atomic E-state index is -0.698. The fourth-order valence-electron chi connectivity index (χ4n) is 1.40. The lowest BCUT2D eigenvalue weighted by Gasteiger charge is -2.12. The zero-order valence-corrected chi connectivity index (χ0v) is 12.9. The molecule has 1 rings (SSSR count). The van der Waals surface area contributed by atoms with Crippen molar-refractivity contribution >= 4 is 21.6 Å². The van der Waals surface area contributed by atoms with Gasteiger partial charge in [-0.25, -0.2) is 4.39 Å². The normalized spacial score (nSPS) is 10.7. The van der Waals surface area contributed by atoms with E-state index in [2.05, 4.69) is 27.8 Å². The van der Waals surface area contributed by atoms with Gasteiger partial charge in [0.2, 0.25) is 5.75 Å². The van der Waals surface area contributed by atoms with E-state index in [1.165, 1.54) is 0 Å². The standard InChI is InChI=1S/C13H16BrFN2O3/c1-8(2)16-6-9(3)7-20-13-11(14)4-10(15)5-12(13)17(18)19/h4-5,8,16H,3,6-7H2,1-2H3. The Morgan fingerprint density at radius 3 is 2.80 bits per heavy atom. The fraction of sp³-hybridized carbons (Fsp3) is 0.385. The molecule has 0 amide bonds. The Morgan fingerprint density at radius 1 is 1.60 bits per heavy atom. The molecule has 1 aromatic carbocycles. The van der Waals surface area contributed by atoms with Gasteiger partial charge in [-0.2, -0.15) is 0 Å². The number of rotatable bonds is 7. The van der Waals surface area contributed by atoms with Crippen molar-refractivity contribution in [1.29, 1.82) is 0 Å². The maximum atomic E-state index is 13.2. The molecule has 7 heteroatoms. The van der Waals surface area contributed by atoms with Crippen molar-refractivity contribution in [3.8, 4) is 5.75 Å². The maximum absolute atomic E-state index is 13.2. The van der Waals surface area contributed by atoms with E-state index in [9.17, 15) is 14.5 Å². The van der Waals surface area contributed by atoms with Crippen LogP contribution in [0.2, 0.25) is 0 Å². The highest BCUT2D eigenvalue weighted by Crippen LogP contribution is 2.36. The molecule has 20 heavy (non-hydrogen) atoms. The Balaban J connectivity index is 2.77. The van der Waals surface area contributed by atoms with Crippen molar-refractivity contribution in [2.45, 2.75) is 19.9 Å². The largest absolute Gasteiger partial charge is 0.481 e. The van der Waals surface area contributed by atoms with Gasteiger partial charge in [-0.05, 0) is 27.6 Å². The van der Waals surface area contributed by atoms with Crippen molar-refractivity contribution < 1.29 is 14.1 Å². The number of nitrogens with one attached hydrogen (secondary N) is 1. The SMILES string of the molecule is C=C(CNC(C)C)COc1c(Br)cc(F)cc1[N+](=O)[O-]. The molecule has 5 nitrogen and oxygen atoms in total. The van der Waals surface area contributed by atoms with Crippen LogP contribution < -0.4 is 10.1 Å². The summed E-state index contributed by atoms with van der Waals surface area (Å²) in [5.41, 5.74) is 0.325. The summed E-state index contributed by atoms with van der Waals surface area (Å²) in [6.45, 7) is 8.47. The van der Waals surface area contributed by atoms with Gasteiger partial charge in [0, 0.05) is 12.6 Å². The predicted octanol–water partition coefficient (Wildman–Crippen LogP) is 3.43. The van der Waals surface area contributed by atoms with Crippen LogP contribution in [0.25, 0.3) is 0 Å². The first-order valence-corrected chi connectivity index (χ1v) is 6.76. The van der Waals surface area contributed by atoms with E-state index in [0.29, 0.717) is 12.6 Å². The van der Waals surface area contributed by atoms with Crippen LogP contribution in [0, 0.1) is 15.9 Å². The number of hydrogen-bond acceptors (Lipinski definition) is 4. The first-order chi connectivity index (χ1) is 9.31. The number of benzene rings is 1. The minimum Gasteiger partial charge on any atom is -0.481 e. The van der Waals surface area contributed by atoms with Gasteiger partial charge in [-0.15, -0.1) is 0 Å². The number of nitro groups is 1. The first kappa shape index (κ1) is 16.6. The highest BCUT2D eigenvalue weighted by Gasteiger charge is 2.20. The lowest BCUT2D eigenvalue weighted by atomic mass is 10.2. The minimum absolute atomic E-state index is 0.00194. The van der Waals surface area contributed by atoms with Crippen molar-refractivity contribution in [2.24, 2.45) is 0 Å². The van der Waals surface area contributed by atoms with E-state index in [4.69, 9.17) is 4.74 Å². The Bertz CT molecular complexity index is 521. The second kappa shape index (κ2) is 7.35. The van der Waals surface area contributed by atoms with Crippen LogP contribution in [-0.2, 0) is 0 Å². The van der Waals surface area contributed by atoms with Crippen LogP contribution >= 0.6 is 15.9 Å². The average molecular weight is 347 g/mol. The van der Waals surface area contributed by atoms with E-state index < -0.39 is 16.4 Å². The van der Waals surface area contributed by atoms with Gasteiger partial charge in [0.05, 0.1) is 15.5 Å². The van der Waals surface area contributed by atoms with Gasteiger partial charge >= 0.3 is 5.69 Å². The fourth-order valence-corrected chi connectivity index (χ4v) is 1.94. The van der Waals surface area contributed by atoms with Gasteiger partial charge in [0.1, 0.15) is 12.4 Å². The molecule has 0 radical (unpaired) electrons. The molecule has 110 valence electrons. The Morgan fingerprint density at radius 2 is 2.25 bits per heavy atom. The predicted molar refractivity (Wildman–Crippen MR) is 78.5 cm³/mol. The molecule has 0 bridgehead atoms. The Labute approximate surface area is 125 Å². The summed E-state index contributed by atoms with van der Waals surface area (Å²) in [6, 6.07) is 2.26. The molecule has 1 N–H and O–H groups in total. The number of hydrogen-bond donors (Lipinski definition) is 1. The van der Waals surface area contributed by atoms with Crippen molar-refractivity contribution in [2.75, 3.05) is 13.2 Å². The zero-order valence-electron chi connectivity index (χ0n) is 11.3. The van der Waals surface area contributed by atoms with E-state index in [-0.39, 0.29) is 16.8 Å².